The minimum atomic E-state index is 0.413. The molecule has 1 fully saturated rings. The second-order valence-electron chi connectivity index (χ2n) is 9.17. The Balaban J connectivity index is 1.42. The average molecular weight is 440 g/mol. The Morgan fingerprint density at radius 2 is 2.06 bits per heavy atom. The van der Waals surface area contributed by atoms with E-state index < -0.39 is 0 Å². The highest BCUT2D eigenvalue weighted by atomic mass is 16.5. The molecule has 1 unspecified atom stereocenters. The SMILES string of the molecule is COc1cc(N2CCc3cc(-c4cnc5[nH]cc(C)c5c4)cc(C4CCCN4)c3C2)ccn1. The van der Waals surface area contributed by atoms with Crippen molar-refractivity contribution in [3.63, 3.8) is 0 Å². The molecule has 0 radical (unpaired) electrons. The first kappa shape index (κ1) is 20.2. The van der Waals surface area contributed by atoms with E-state index in [9.17, 15) is 0 Å². The van der Waals surface area contributed by atoms with Gasteiger partial charge in [-0.2, -0.15) is 0 Å². The van der Waals surface area contributed by atoms with Crippen LogP contribution >= 0.6 is 0 Å². The highest BCUT2D eigenvalue weighted by Crippen LogP contribution is 2.37. The number of H-pyrrole nitrogens is 1. The average Bonchev–Trinajstić information content (AvgIpc) is 3.53. The van der Waals surface area contributed by atoms with Gasteiger partial charge in [-0.15, -0.1) is 0 Å². The molecule has 2 N–H and O–H groups in total. The number of ether oxygens (including phenoxy) is 1. The van der Waals surface area contributed by atoms with Crippen LogP contribution in [0.3, 0.4) is 0 Å². The first-order valence-electron chi connectivity index (χ1n) is 11.8. The van der Waals surface area contributed by atoms with E-state index in [0.717, 1.165) is 31.7 Å². The van der Waals surface area contributed by atoms with Gasteiger partial charge in [0.15, 0.2) is 0 Å². The van der Waals surface area contributed by atoms with E-state index in [1.165, 1.54) is 57.3 Å². The van der Waals surface area contributed by atoms with E-state index in [0.29, 0.717) is 11.9 Å². The fraction of sp³-hybridized carbons (Fsp3) is 0.333. The lowest BCUT2D eigenvalue weighted by atomic mass is 9.87. The van der Waals surface area contributed by atoms with Crippen molar-refractivity contribution in [2.75, 3.05) is 25.1 Å². The molecule has 0 amide bonds. The summed E-state index contributed by atoms with van der Waals surface area (Å²) in [5.74, 6) is 0.661. The van der Waals surface area contributed by atoms with Gasteiger partial charge in [-0.05, 0) is 78.7 Å². The molecule has 0 spiro atoms. The Hall–Kier alpha value is -3.38. The zero-order chi connectivity index (χ0) is 22.4. The number of nitrogens with zero attached hydrogens (tertiary/aromatic N) is 3. The lowest BCUT2D eigenvalue weighted by molar-refractivity contribution is 0.398. The Kier molecular flexibility index (Phi) is 5.03. The van der Waals surface area contributed by atoms with Gasteiger partial charge in [0.1, 0.15) is 5.65 Å². The zero-order valence-electron chi connectivity index (χ0n) is 19.2. The predicted octanol–water partition coefficient (Wildman–Crippen LogP) is 4.93. The maximum atomic E-state index is 5.36. The van der Waals surface area contributed by atoms with Gasteiger partial charge in [0.2, 0.25) is 5.88 Å². The summed E-state index contributed by atoms with van der Waals surface area (Å²) in [6.45, 7) is 5.11. The van der Waals surface area contributed by atoms with Gasteiger partial charge in [-0.3, -0.25) is 0 Å². The molecule has 2 aliphatic rings. The van der Waals surface area contributed by atoms with Crippen molar-refractivity contribution in [3.05, 3.63) is 71.2 Å². The number of hydrogen-bond acceptors (Lipinski definition) is 5. The first-order valence-corrected chi connectivity index (χ1v) is 11.8. The summed E-state index contributed by atoms with van der Waals surface area (Å²) in [7, 11) is 1.67. The number of hydrogen-bond donors (Lipinski definition) is 2. The molecule has 0 aliphatic carbocycles. The van der Waals surface area contributed by atoms with Crippen molar-refractivity contribution >= 4 is 16.7 Å². The maximum absolute atomic E-state index is 5.36. The minimum Gasteiger partial charge on any atom is -0.481 e. The summed E-state index contributed by atoms with van der Waals surface area (Å²) in [4.78, 5) is 14.7. The fourth-order valence-corrected chi connectivity index (χ4v) is 5.35. The molecule has 6 heteroatoms. The van der Waals surface area contributed by atoms with Crippen LogP contribution in [0, 0.1) is 6.92 Å². The van der Waals surface area contributed by atoms with Crippen molar-refractivity contribution in [2.24, 2.45) is 0 Å². The zero-order valence-corrected chi connectivity index (χ0v) is 19.2. The number of aromatic nitrogens is 3. The van der Waals surface area contributed by atoms with Gasteiger partial charge < -0.3 is 19.9 Å². The smallest absolute Gasteiger partial charge is 0.214 e. The van der Waals surface area contributed by atoms with E-state index in [1.54, 1.807) is 7.11 Å². The third-order valence-electron chi connectivity index (χ3n) is 7.18. The fourth-order valence-electron chi connectivity index (χ4n) is 5.35. The maximum Gasteiger partial charge on any atom is 0.214 e. The van der Waals surface area contributed by atoms with Gasteiger partial charge >= 0.3 is 0 Å². The summed E-state index contributed by atoms with van der Waals surface area (Å²) < 4.78 is 5.36. The second-order valence-corrected chi connectivity index (χ2v) is 9.17. The summed E-state index contributed by atoms with van der Waals surface area (Å²) in [5, 5.41) is 4.94. The second kappa shape index (κ2) is 8.19. The third-order valence-corrected chi connectivity index (χ3v) is 7.18. The van der Waals surface area contributed by atoms with Gasteiger partial charge in [0.05, 0.1) is 7.11 Å². The van der Waals surface area contributed by atoms with Crippen molar-refractivity contribution in [1.29, 1.82) is 0 Å². The highest BCUT2D eigenvalue weighted by molar-refractivity contribution is 5.84. The standard InChI is InChI=1S/C27H29N5O/c1-17-14-30-27-22(17)12-20(15-31-27)19-10-18-6-9-32(21-5-8-29-26(13-21)33-2)16-24(18)23(11-19)25-4-3-7-28-25/h5,8,10-15,25,28H,3-4,6-7,9,16H2,1-2H3,(H,30,31). The molecule has 4 aromatic rings. The van der Waals surface area contributed by atoms with Crippen molar-refractivity contribution in [2.45, 2.75) is 38.8 Å². The molecule has 6 rings (SSSR count). The Labute approximate surface area is 194 Å². The van der Waals surface area contributed by atoms with Crippen LogP contribution < -0.4 is 15.0 Å². The molecular formula is C27H29N5O. The van der Waals surface area contributed by atoms with Crippen LogP contribution in [-0.4, -0.2) is 35.2 Å². The monoisotopic (exact) mass is 439 g/mol. The predicted molar refractivity (Wildman–Crippen MR) is 132 cm³/mol. The van der Waals surface area contributed by atoms with Crippen LogP contribution in [0.25, 0.3) is 22.2 Å². The topological polar surface area (TPSA) is 66.1 Å². The molecule has 2 aliphatic heterocycles. The first-order chi connectivity index (χ1) is 16.2. The van der Waals surface area contributed by atoms with Gasteiger partial charge in [-0.1, -0.05) is 6.07 Å². The molecule has 0 bridgehead atoms. The van der Waals surface area contributed by atoms with Crippen molar-refractivity contribution in [3.8, 4) is 17.0 Å². The van der Waals surface area contributed by atoms with E-state index in [2.05, 4.69) is 56.4 Å². The van der Waals surface area contributed by atoms with Crippen LogP contribution in [0.1, 0.15) is 41.1 Å². The van der Waals surface area contributed by atoms with Crippen LogP contribution in [-0.2, 0) is 13.0 Å². The number of nitrogens with one attached hydrogen (secondary N) is 2. The van der Waals surface area contributed by atoms with Crippen LogP contribution in [0.15, 0.2) is 48.9 Å². The van der Waals surface area contributed by atoms with Crippen LogP contribution in [0.5, 0.6) is 5.88 Å². The largest absolute Gasteiger partial charge is 0.481 e. The molecule has 1 atom stereocenters. The summed E-state index contributed by atoms with van der Waals surface area (Å²) >= 11 is 0. The summed E-state index contributed by atoms with van der Waals surface area (Å²) in [6, 6.07) is 11.6. The number of anilines is 1. The van der Waals surface area contributed by atoms with Crippen molar-refractivity contribution in [1.82, 2.24) is 20.3 Å². The molecule has 33 heavy (non-hydrogen) atoms. The van der Waals surface area contributed by atoms with Crippen LogP contribution in [0.4, 0.5) is 5.69 Å². The van der Waals surface area contributed by atoms with Gasteiger partial charge in [-0.25, -0.2) is 9.97 Å². The van der Waals surface area contributed by atoms with E-state index in [1.807, 2.05) is 24.7 Å². The van der Waals surface area contributed by atoms with Gasteiger partial charge in [0, 0.05) is 60.4 Å². The Morgan fingerprint density at radius 3 is 2.91 bits per heavy atom. The lowest BCUT2D eigenvalue weighted by Crippen LogP contribution is -2.32. The third kappa shape index (κ3) is 3.64. The van der Waals surface area contributed by atoms with E-state index in [-0.39, 0.29) is 0 Å². The minimum absolute atomic E-state index is 0.413. The van der Waals surface area contributed by atoms with E-state index >= 15 is 0 Å². The normalized spacial score (nSPS) is 18.0. The Bertz CT molecular complexity index is 1320. The van der Waals surface area contributed by atoms with Crippen molar-refractivity contribution < 1.29 is 4.74 Å². The molecular weight excluding hydrogens is 410 g/mol. The van der Waals surface area contributed by atoms with E-state index in [4.69, 9.17) is 4.74 Å². The Morgan fingerprint density at radius 1 is 1.12 bits per heavy atom. The molecule has 6 nitrogen and oxygen atoms in total. The number of fused-ring (bicyclic) bond motifs is 2. The van der Waals surface area contributed by atoms with Crippen LogP contribution in [0.2, 0.25) is 0 Å². The summed E-state index contributed by atoms with van der Waals surface area (Å²) in [5.41, 5.74) is 10.2. The summed E-state index contributed by atoms with van der Waals surface area (Å²) in [6.07, 6.45) is 9.30. The number of pyridine rings is 2. The molecule has 168 valence electrons. The quantitative estimate of drug-likeness (QED) is 0.472. The number of rotatable bonds is 4. The molecule has 5 heterocycles. The van der Waals surface area contributed by atoms with Gasteiger partial charge in [0.25, 0.3) is 0 Å². The number of benzene rings is 1. The molecule has 0 saturated carbocycles. The molecule has 1 saturated heterocycles. The lowest BCUT2D eigenvalue weighted by Gasteiger charge is -2.34. The molecule has 1 aromatic carbocycles. The number of methoxy groups -OCH3 is 1. The highest BCUT2D eigenvalue weighted by Gasteiger charge is 2.26. The molecule has 3 aromatic heterocycles. The number of aryl methyl sites for hydroxylation is 1. The number of aromatic amines is 1.